The van der Waals surface area contributed by atoms with Gasteiger partial charge in [0.05, 0.1) is 45.2 Å². The standard InChI is InChI=1S/C50H82O22/c1-20-7-12-50(64-18-20)21(2)32-28(72-50)14-26-24-6-5-22-13-23(8-10-48(22,3)25(24)9-11-49(26,32)4)65-47-43(39(61)41(31(17-53)68-47)69-44-37(59)33(55)27(54)19-63-44)71-46-40(62)42(35(57)30(16-52)67-46)70-45-38(60)36(58)34(56)29(15-51)66-45/h20-47,51-62H,5-19H2,1-4H3/t20-,21+,22+,23+,24-,25+,26+,27-,28+,29-,30-,31-,32+,33+,34-,35-,36+,37-,38-,39+,40-,41+,42+,43-,44+,45+,46+,47-,48+,49+,50-/m1/s1. The van der Waals surface area contributed by atoms with Gasteiger partial charge >= 0.3 is 0 Å². The summed E-state index contributed by atoms with van der Waals surface area (Å²) in [4.78, 5) is 0. The molecule has 6 heterocycles. The molecule has 72 heavy (non-hydrogen) atoms. The highest BCUT2D eigenvalue weighted by Crippen LogP contribution is 2.71. The summed E-state index contributed by atoms with van der Waals surface area (Å²) >= 11 is 0. The SMILES string of the molecule is C[C@@H]1CC[C@@]2(OC1)O[C@H]1C[C@H]3[C@@H]4CC[C@H]5C[C@@H](O[C@@H]6O[C@H](CO)[C@H](O[C@@H]7OC[C@@H](O)[C@H](O)[C@H]7O)[C@H](O)[C@H]6O[C@@H]6O[C@H](CO)[C@@H](O)[C@H](O[C@@H]7O[C@H](CO)[C@@H](O)[C@H](O)[C@H]7O)[C@H]6O)CC[C@]5(C)[C@H]4CC[C@]3(C)[C@H]1[C@@H]2C. The molecule has 12 N–H and O–H groups in total. The number of hydrogen-bond donors (Lipinski definition) is 12. The van der Waals surface area contributed by atoms with Crippen LogP contribution in [0.4, 0.5) is 0 Å². The molecular weight excluding hydrogens is 953 g/mol. The van der Waals surface area contributed by atoms with E-state index in [0.717, 1.165) is 58.0 Å². The van der Waals surface area contributed by atoms with Gasteiger partial charge in [0.15, 0.2) is 30.9 Å². The normalized spacial score (nSPS) is 57.8. The number of ether oxygens (including phenoxy) is 10. The molecule has 6 saturated heterocycles. The Kier molecular flexibility index (Phi) is 15.9. The highest BCUT2D eigenvalue weighted by Gasteiger charge is 2.69. The second-order valence-electron chi connectivity index (χ2n) is 23.9. The Labute approximate surface area is 419 Å². The van der Waals surface area contributed by atoms with Crippen molar-refractivity contribution >= 4 is 0 Å². The first kappa shape index (κ1) is 54.5. The molecule has 10 aliphatic rings. The van der Waals surface area contributed by atoms with Crippen molar-refractivity contribution in [3.8, 4) is 0 Å². The molecule has 4 aliphatic carbocycles. The van der Waals surface area contributed by atoms with Crippen LogP contribution in [0.15, 0.2) is 0 Å². The highest BCUT2D eigenvalue weighted by atomic mass is 16.8. The molecule has 10 rings (SSSR count). The lowest BCUT2D eigenvalue weighted by atomic mass is 9.44. The minimum Gasteiger partial charge on any atom is -0.394 e. The second kappa shape index (κ2) is 21.1. The average molecular weight is 1040 g/mol. The molecule has 22 nitrogen and oxygen atoms in total. The van der Waals surface area contributed by atoms with E-state index in [-0.39, 0.29) is 16.9 Å². The van der Waals surface area contributed by atoms with Crippen molar-refractivity contribution in [3.63, 3.8) is 0 Å². The van der Waals surface area contributed by atoms with E-state index < -0.39 is 155 Å². The van der Waals surface area contributed by atoms with Crippen molar-refractivity contribution in [1.82, 2.24) is 0 Å². The largest absolute Gasteiger partial charge is 0.394 e. The van der Waals surface area contributed by atoms with Crippen LogP contribution in [0.2, 0.25) is 0 Å². The summed E-state index contributed by atoms with van der Waals surface area (Å²) in [7, 11) is 0. The second-order valence-corrected chi connectivity index (χ2v) is 23.9. The molecule has 0 unspecified atom stereocenters. The Morgan fingerprint density at radius 2 is 1.15 bits per heavy atom. The molecule has 0 radical (unpaired) electrons. The fraction of sp³-hybridized carbons (Fsp3) is 1.00. The lowest BCUT2D eigenvalue weighted by molar-refractivity contribution is -0.397. The Morgan fingerprint density at radius 3 is 1.85 bits per heavy atom. The van der Waals surface area contributed by atoms with Crippen LogP contribution in [-0.2, 0) is 47.4 Å². The van der Waals surface area contributed by atoms with Crippen LogP contribution in [-0.4, -0.2) is 229 Å². The maximum absolute atomic E-state index is 12.3. The number of aliphatic hydroxyl groups excluding tert-OH is 12. The van der Waals surface area contributed by atoms with Gasteiger partial charge in [0.2, 0.25) is 0 Å². The molecule has 0 aromatic heterocycles. The zero-order valence-electron chi connectivity index (χ0n) is 41.7. The van der Waals surface area contributed by atoms with Crippen LogP contribution in [0, 0.1) is 52.3 Å². The molecule has 22 heteroatoms. The number of rotatable bonds is 11. The van der Waals surface area contributed by atoms with Crippen molar-refractivity contribution in [3.05, 3.63) is 0 Å². The summed E-state index contributed by atoms with van der Waals surface area (Å²) in [5.41, 5.74) is 0.200. The quantitative estimate of drug-likeness (QED) is 0.0971. The summed E-state index contributed by atoms with van der Waals surface area (Å²) in [6.45, 7) is 7.54. The molecule has 4 saturated carbocycles. The van der Waals surface area contributed by atoms with E-state index in [4.69, 9.17) is 47.4 Å². The first-order valence-corrected chi connectivity index (χ1v) is 26.7. The van der Waals surface area contributed by atoms with Gasteiger partial charge in [0, 0.05) is 12.3 Å². The fourth-order valence-electron chi connectivity index (χ4n) is 15.9. The predicted molar refractivity (Wildman–Crippen MR) is 242 cm³/mol. The van der Waals surface area contributed by atoms with Crippen molar-refractivity contribution in [2.75, 3.05) is 33.0 Å². The lowest BCUT2D eigenvalue weighted by Gasteiger charge is -2.61. The highest BCUT2D eigenvalue weighted by molar-refractivity contribution is 5.15. The first-order chi connectivity index (χ1) is 34.3. The van der Waals surface area contributed by atoms with E-state index in [2.05, 4.69) is 27.7 Å². The predicted octanol–water partition coefficient (Wildman–Crippen LogP) is -2.27. The molecule has 0 bridgehead atoms. The Balaban J connectivity index is 0.860. The lowest BCUT2D eigenvalue weighted by Crippen LogP contribution is -2.67. The third-order valence-electron chi connectivity index (χ3n) is 20.0. The summed E-state index contributed by atoms with van der Waals surface area (Å²) in [6.07, 6.45) is -22.6. The van der Waals surface area contributed by atoms with Crippen LogP contribution in [0.25, 0.3) is 0 Å². The van der Waals surface area contributed by atoms with Crippen molar-refractivity contribution < 1.29 is 109 Å². The van der Waals surface area contributed by atoms with Gasteiger partial charge in [0.1, 0.15) is 91.6 Å². The van der Waals surface area contributed by atoms with Gasteiger partial charge in [0.25, 0.3) is 0 Å². The van der Waals surface area contributed by atoms with E-state index in [9.17, 15) is 61.3 Å². The van der Waals surface area contributed by atoms with Gasteiger partial charge in [-0.1, -0.05) is 27.7 Å². The molecular formula is C50H82O22. The van der Waals surface area contributed by atoms with Crippen LogP contribution in [0.1, 0.15) is 91.9 Å². The first-order valence-electron chi connectivity index (χ1n) is 26.7. The van der Waals surface area contributed by atoms with Crippen LogP contribution >= 0.6 is 0 Å². The fourth-order valence-corrected chi connectivity index (χ4v) is 15.9. The number of hydrogen-bond acceptors (Lipinski definition) is 22. The number of aliphatic hydroxyl groups is 12. The van der Waals surface area contributed by atoms with Gasteiger partial charge < -0.3 is 109 Å². The van der Waals surface area contributed by atoms with Crippen LogP contribution in [0.5, 0.6) is 0 Å². The van der Waals surface area contributed by atoms with E-state index in [1.807, 2.05) is 0 Å². The molecule has 414 valence electrons. The van der Waals surface area contributed by atoms with Gasteiger partial charge in [-0.2, -0.15) is 0 Å². The van der Waals surface area contributed by atoms with Gasteiger partial charge in [-0.25, -0.2) is 0 Å². The molecule has 0 amide bonds. The maximum Gasteiger partial charge on any atom is 0.187 e. The molecule has 6 aliphatic heterocycles. The topological polar surface area (TPSA) is 335 Å². The smallest absolute Gasteiger partial charge is 0.187 e. The third-order valence-corrected chi connectivity index (χ3v) is 20.0. The monoisotopic (exact) mass is 1030 g/mol. The Morgan fingerprint density at radius 1 is 0.514 bits per heavy atom. The summed E-state index contributed by atoms with van der Waals surface area (Å²) in [6, 6.07) is 0. The zero-order valence-corrected chi connectivity index (χ0v) is 41.7. The molecule has 0 aromatic carbocycles. The van der Waals surface area contributed by atoms with Crippen LogP contribution < -0.4 is 0 Å². The molecule has 10 fully saturated rings. The van der Waals surface area contributed by atoms with Crippen molar-refractivity contribution in [2.45, 2.75) is 227 Å². The van der Waals surface area contributed by atoms with E-state index in [1.54, 1.807) is 0 Å². The molecule has 0 aromatic rings. The van der Waals surface area contributed by atoms with Gasteiger partial charge in [-0.05, 0) is 104 Å². The minimum atomic E-state index is -1.99. The van der Waals surface area contributed by atoms with Crippen molar-refractivity contribution in [2.24, 2.45) is 52.3 Å². The number of fused-ring (bicyclic) bond motifs is 7. The van der Waals surface area contributed by atoms with E-state index in [0.29, 0.717) is 54.3 Å². The molecule has 1 spiro atoms. The van der Waals surface area contributed by atoms with Gasteiger partial charge in [-0.3, -0.25) is 0 Å². The van der Waals surface area contributed by atoms with E-state index in [1.165, 1.54) is 0 Å². The molecule has 31 atom stereocenters. The average Bonchev–Trinajstić information content (AvgIpc) is 3.81. The Hall–Kier alpha value is -0.880. The minimum absolute atomic E-state index is 0.0304. The van der Waals surface area contributed by atoms with E-state index >= 15 is 0 Å². The summed E-state index contributed by atoms with van der Waals surface area (Å²) < 4.78 is 61.7. The summed E-state index contributed by atoms with van der Waals surface area (Å²) in [5, 5.41) is 129. The zero-order chi connectivity index (χ0) is 51.3. The van der Waals surface area contributed by atoms with Crippen molar-refractivity contribution in [1.29, 1.82) is 0 Å². The summed E-state index contributed by atoms with van der Waals surface area (Å²) in [5.74, 6) is 2.79. The van der Waals surface area contributed by atoms with Crippen LogP contribution in [0.3, 0.4) is 0 Å². The van der Waals surface area contributed by atoms with Gasteiger partial charge in [-0.15, -0.1) is 0 Å². The maximum atomic E-state index is 12.3. The Bertz CT molecular complexity index is 1830. The third kappa shape index (κ3) is 9.26.